The number of esters is 1. The van der Waals surface area contributed by atoms with E-state index in [1.807, 2.05) is 0 Å². The molecule has 0 spiro atoms. The summed E-state index contributed by atoms with van der Waals surface area (Å²) in [5.74, 6) is -0.709. The third-order valence-electron chi connectivity index (χ3n) is 6.83. The molecule has 0 aliphatic heterocycles. The molecule has 4 nitrogen and oxygen atoms in total. The van der Waals surface area contributed by atoms with Crippen LogP contribution in [-0.2, 0) is 14.3 Å². The molecule has 0 aliphatic carbocycles. The van der Waals surface area contributed by atoms with Gasteiger partial charge in [-0.1, -0.05) is 123 Å². The zero-order chi connectivity index (χ0) is 25.1. The van der Waals surface area contributed by atoms with E-state index in [-0.39, 0.29) is 18.5 Å². The number of unbranched alkanes of at least 4 members (excludes halogenated alkanes) is 18. The van der Waals surface area contributed by atoms with Gasteiger partial charge >= 0.3 is 11.9 Å². The largest absolute Gasteiger partial charge is 0.481 e. The predicted molar refractivity (Wildman–Crippen MR) is 144 cm³/mol. The van der Waals surface area contributed by atoms with Crippen molar-refractivity contribution in [1.82, 2.24) is 0 Å². The maximum atomic E-state index is 12.3. The molecule has 0 fully saturated rings. The molecule has 1 unspecified atom stereocenters. The molecule has 0 amide bonds. The van der Waals surface area contributed by atoms with E-state index in [2.05, 4.69) is 13.8 Å². The fourth-order valence-corrected chi connectivity index (χ4v) is 4.59. The van der Waals surface area contributed by atoms with Crippen molar-refractivity contribution in [1.29, 1.82) is 0 Å². The lowest BCUT2D eigenvalue weighted by Crippen LogP contribution is -2.18. The summed E-state index contributed by atoms with van der Waals surface area (Å²) < 4.78 is 5.89. The Morgan fingerprint density at radius 2 is 0.882 bits per heavy atom. The van der Waals surface area contributed by atoms with Crippen LogP contribution in [0.3, 0.4) is 0 Å². The van der Waals surface area contributed by atoms with Crippen molar-refractivity contribution >= 4 is 11.9 Å². The Morgan fingerprint density at radius 1 is 0.529 bits per heavy atom. The Morgan fingerprint density at radius 3 is 1.29 bits per heavy atom. The summed E-state index contributed by atoms with van der Waals surface area (Å²) in [5, 5.41) is 8.73. The fraction of sp³-hybridized carbons (Fsp3) is 0.933. The van der Waals surface area contributed by atoms with Crippen LogP contribution in [0.15, 0.2) is 0 Å². The molecule has 0 rings (SSSR count). The predicted octanol–water partition coefficient (Wildman–Crippen LogP) is 9.78. The lowest BCUT2D eigenvalue weighted by Gasteiger charge is -2.18. The van der Waals surface area contributed by atoms with E-state index >= 15 is 0 Å². The van der Waals surface area contributed by atoms with Crippen LogP contribution in [0.1, 0.15) is 174 Å². The van der Waals surface area contributed by atoms with E-state index in [1.165, 1.54) is 83.5 Å². The van der Waals surface area contributed by atoms with Crippen LogP contribution in [0.25, 0.3) is 0 Å². The van der Waals surface area contributed by atoms with Crippen molar-refractivity contribution in [2.45, 2.75) is 180 Å². The van der Waals surface area contributed by atoms with E-state index in [9.17, 15) is 9.59 Å². The molecule has 0 heterocycles. The molecular formula is C30H58O4. The first-order valence-electron chi connectivity index (χ1n) is 15.0. The highest BCUT2D eigenvalue weighted by Crippen LogP contribution is 2.18. The highest BCUT2D eigenvalue weighted by molar-refractivity contribution is 5.69. The van der Waals surface area contributed by atoms with Crippen LogP contribution < -0.4 is 0 Å². The van der Waals surface area contributed by atoms with Crippen molar-refractivity contribution in [2.24, 2.45) is 0 Å². The number of rotatable bonds is 27. The second-order valence-electron chi connectivity index (χ2n) is 10.3. The van der Waals surface area contributed by atoms with Crippen LogP contribution in [0.2, 0.25) is 0 Å². The number of ether oxygens (including phenoxy) is 1. The van der Waals surface area contributed by atoms with Gasteiger partial charge in [0.05, 0.1) is 0 Å². The quantitative estimate of drug-likeness (QED) is 0.0934. The van der Waals surface area contributed by atoms with Gasteiger partial charge in [0.1, 0.15) is 6.10 Å². The number of carbonyl (C=O) groups is 2. The van der Waals surface area contributed by atoms with Crippen molar-refractivity contribution in [3.05, 3.63) is 0 Å². The van der Waals surface area contributed by atoms with Crippen LogP contribution in [0.4, 0.5) is 0 Å². The molecule has 1 atom stereocenters. The van der Waals surface area contributed by atoms with Gasteiger partial charge in [-0.3, -0.25) is 9.59 Å². The fourth-order valence-electron chi connectivity index (χ4n) is 4.59. The first kappa shape index (κ1) is 32.9. The first-order valence-corrected chi connectivity index (χ1v) is 15.0. The number of hydrogen-bond donors (Lipinski definition) is 1. The average molecular weight is 483 g/mol. The Bertz CT molecular complexity index is 449. The number of carbonyl (C=O) groups excluding carboxylic acids is 1. The van der Waals surface area contributed by atoms with Gasteiger partial charge < -0.3 is 9.84 Å². The third-order valence-corrected chi connectivity index (χ3v) is 6.83. The minimum atomic E-state index is -0.700. The molecule has 0 saturated heterocycles. The van der Waals surface area contributed by atoms with Crippen LogP contribution >= 0.6 is 0 Å². The van der Waals surface area contributed by atoms with E-state index in [4.69, 9.17) is 9.84 Å². The van der Waals surface area contributed by atoms with Gasteiger partial charge in [0, 0.05) is 12.8 Å². The summed E-state index contributed by atoms with van der Waals surface area (Å²) in [6, 6.07) is 0. The minimum Gasteiger partial charge on any atom is -0.481 e. The minimum absolute atomic E-state index is 0.00831. The summed E-state index contributed by atoms with van der Waals surface area (Å²) in [5.41, 5.74) is 0. The van der Waals surface area contributed by atoms with E-state index in [0.717, 1.165) is 64.2 Å². The Kier molecular flexibility index (Phi) is 25.7. The lowest BCUT2D eigenvalue weighted by molar-refractivity contribution is -0.150. The SMILES string of the molecule is CCCCCCCCCCCCCC(CCCCCCCC(=O)O)OC(=O)CCCCCCC. The number of carboxylic acids is 1. The van der Waals surface area contributed by atoms with Crippen molar-refractivity contribution < 1.29 is 19.4 Å². The Labute approximate surface area is 212 Å². The molecular weight excluding hydrogens is 424 g/mol. The highest BCUT2D eigenvalue weighted by atomic mass is 16.5. The summed E-state index contributed by atoms with van der Waals surface area (Å²) in [6.45, 7) is 4.48. The second-order valence-corrected chi connectivity index (χ2v) is 10.3. The van der Waals surface area contributed by atoms with Crippen LogP contribution in [-0.4, -0.2) is 23.1 Å². The van der Waals surface area contributed by atoms with Gasteiger partial charge in [-0.25, -0.2) is 0 Å². The van der Waals surface area contributed by atoms with Crippen LogP contribution in [0.5, 0.6) is 0 Å². The second kappa shape index (κ2) is 26.5. The summed E-state index contributed by atoms with van der Waals surface area (Å²) >= 11 is 0. The molecule has 0 aromatic carbocycles. The number of aliphatic carboxylic acids is 1. The summed E-state index contributed by atoms with van der Waals surface area (Å²) in [6.07, 6.45) is 28.3. The zero-order valence-electron chi connectivity index (χ0n) is 22.9. The maximum absolute atomic E-state index is 12.3. The third kappa shape index (κ3) is 25.6. The molecule has 34 heavy (non-hydrogen) atoms. The average Bonchev–Trinajstić information content (AvgIpc) is 2.81. The van der Waals surface area contributed by atoms with E-state index in [0.29, 0.717) is 6.42 Å². The maximum Gasteiger partial charge on any atom is 0.306 e. The molecule has 0 aromatic heterocycles. The standard InChI is InChI=1S/C30H58O4/c1-3-5-7-9-10-11-12-13-14-17-20-24-28(25-21-18-15-19-22-26-29(31)32)34-30(33)27-23-16-8-6-4-2/h28H,3-27H2,1-2H3,(H,31,32). The summed E-state index contributed by atoms with van der Waals surface area (Å²) in [7, 11) is 0. The Hall–Kier alpha value is -1.06. The van der Waals surface area contributed by atoms with Crippen molar-refractivity contribution in [2.75, 3.05) is 0 Å². The van der Waals surface area contributed by atoms with Gasteiger partial charge in [-0.05, 0) is 38.5 Å². The van der Waals surface area contributed by atoms with E-state index in [1.54, 1.807) is 0 Å². The smallest absolute Gasteiger partial charge is 0.306 e. The topological polar surface area (TPSA) is 63.6 Å². The Balaban J connectivity index is 4.01. The molecule has 0 aliphatic rings. The molecule has 202 valence electrons. The molecule has 4 heteroatoms. The van der Waals surface area contributed by atoms with Gasteiger partial charge in [-0.2, -0.15) is 0 Å². The van der Waals surface area contributed by atoms with Gasteiger partial charge in [-0.15, -0.1) is 0 Å². The van der Waals surface area contributed by atoms with Gasteiger partial charge in [0.15, 0.2) is 0 Å². The van der Waals surface area contributed by atoms with E-state index < -0.39 is 5.97 Å². The monoisotopic (exact) mass is 482 g/mol. The van der Waals surface area contributed by atoms with Crippen molar-refractivity contribution in [3.63, 3.8) is 0 Å². The molecule has 0 radical (unpaired) electrons. The number of carboxylic acid groups (broad SMARTS) is 1. The van der Waals surface area contributed by atoms with Crippen LogP contribution in [0, 0.1) is 0 Å². The molecule has 1 N–H and O–H groups in total. The molecule has 0 bridgehead atoms. The lowest BCUT2D eigenvalue weighted by atomic mass is 10.0. The number of hydrogen-bond acceptors (Lipinski definition) is 3. The normalized spacial score (nSPS) is 12.1. The van der Waals surface area contributed by atoms with Gasteiger partial charge in [0.2, 0.25) is 0 Å². The first-order chi connectivity index (χ1) is 16.6. The zero-order valence-corrected chi connectivity index (χ0v) is 22.9. The molecule has 0 aromatic rings. The van der Waals surface area contributed by atoms with Gasteiger partial charge in [0.25, 0.3) is 0 Å². The summed E-state index contributed by atoms with van der Waals surface area (Å²) in [4.78, 5) is 23.0. The molecule has 0 saturated carbocycles. The van der Waals surface area contributed by atoms with Crippen molar-refractivity contribution in [3.8, 4) is 0 Å². The highest BCUT2D eigenvalue weighted by Gasteiger charge is 2.14.